The Morgan fingerprint density at radius 3 is 2.72 bits per heavy atom. The van der Waals surface area contributed by atoms with Gasteiger partial charge in [0.2, 0.25) is 0 Å². The van der Waals surface area contributed by atoms with Crippen LogP contribution >= 0.6 is 11.6 Å². The Labute approximate surface area is 112 Å². The van der Waals surface area contributed by atoms with Crippen LogP contribution in [-0.2, 0) is 0 Å². The Morgan fingerprint density at radius 1 is 1.50 bits per heavy atom. The molecule has 5 heteroatoms. The second-order valence-corrected chi connectivity index (χ2v) is 4.65. The van der Waals surface area contributed by atoms with Gasteiger partial charge in [-0.1, -0.05) is 24.6 Å². The first-order valence-electron chi connectivity index (χ1n) is 6.14. The summed E-state index contributed by atoms with van der Waals surface area (Å²) >= 11 is 5.76. The van der Waals surface area contributed by atoms with Gasteiger partial charge in [-0.25, -0.2) is 4.39 Å². The van der Waals surface area contributed by atoms with Crippen LogP contribution in [0, 0.1) is 5.82 Å². The van der Waals surface area contributed by atoms with E-state index in [1.54, 1.807) is 12.1 Å². The highest BCUT2D eigenvalue weighted by atomic mass is 35.5. The molecule has 0 saturated carbocycles. The number of benzene rings is 1. The molecule has 2 unspecified atom stereocenters. The van der Waals surface area contributed by atoms with Gasteiger partial charge in [-0.15, -0.1) is 0 Å². The summed E-state index contributed by atoms with van der Waals surface area (Å²) in [6.45, 7) is 2.56. The summed E-state index contributed by atoms with van der Waals surface area (Å²) < 4.78 is 13.1. The molecule has 0 spiro atoms. The summed E-state index contributed by atoms with van der Waals surface area (Å²) in [6, 6.07) is 4.71. The van der Waals surface area contributed by atoms with Gasteiger partial charge in [0, 0.05) is 25.2 Å². The van der Waals surface area contributed by atoms with Crippen LogP contribution in [0.5, 0.6) is 0 Å². The van der Waals surface area contributed by atoms with E-state index in [4.69, 9.17) is 22.4 Å². The van der Waals surface area contributed by atoms with Gasteiger partial charge in [0.25, 0.3) is 0 Å². The summed E-state index contributed by atoms with van der Waals surface area (Å²) in [5, 5.41) is 12.4. The molecule has 1 aromatic carbocycles. The molecule has 1 aromatic rings. The van der Waals surface area contributed by atoms with E-state index in [9.17, 15) is 4.39 Å². The van der Waals surface area contributed by atoms with Crippen LogP contribution in [0.15, 0.2) is 18.2 Å². The minimum Gasteiger partial charge on any atom is -0.396 e. The fraction of sp³-hybridized carbons (Fsp3) is 0.538. The summed E-state index contributed by atoms with van der Waals surface area (Å²) in [6.07, 6.45) is 1.56. The Bertz CT molecular complexity index is 376. The average molecular weight is 275 g/mol. The quantitative estimate of drug-likeness (QED) is 0.715. The van der Waals surface area contributed by atoms with E-state index < -0.39 is 5.82 Å². The van der Waals surface area contributed by atoms with E-state index in [0.717, 1.165) is 12.0 Å². The molecule has 0 fully saturated rings. The van der Waals surface area contributed by atoms with Crippen LogP contribution in [-0.4, -0.2) is 24.3 Å². The van der Waals surface area contributed by atoms with Crippen molar-refractivity contribution < 1.29 is 9.50 Å². The van der Waals surface area contributed by atoms with Gasteiger partial charge < -0.3 is 16.2 Å². The Morgan fingerprint density at radius 2 is 2.22 bits per heavy atom. The topological polar surface area (TPSA) is 58.3 Å². The Balaban J connectivity index is 2.78. The van der Waals surface area contributed by atoms with Crippen molar-refractivity contribution in [3.8, 4) is 0 Å². The number of hydrogen-bond acceptors (Lipinski definition) is 3. The lowest BCUT2D eigenvalue weighted by Crippen LogP contribution is -2.37. The Hall–Kier alpha value is -0.680. The van der Waals surface area contributed by atoms with Gasteiger partial charge in [0.15, 0.2) is 0 Å². The third kappa shape index (κ3) is 4.21. The van der Waals surface area contributed by atoms with E-state index in [1.807, 2.05) is 6.92 Å². The lowest BCUT2D eigenvalue weighted by Gasteiger charge is -2.24. The maximum atomic E-state index is 13.1. The molecule has 0 radical (unpaired) electrons. The molecule has 0 bridgehead atoms. The predicted molar refractivity (Wildman–Crippen MR) is 72.1 cm³/mol. The van der Waals surface area contributed by atoms with Crippen molar-refractivity contribution in [2.45, 2.75) is 31.8 Å². The van der Waals surface area contributed by atoms with E-state index in [1.165, 1.54) is 6.07 Å². The van der Waals surface area contributed by atoms with Gasteiger partial charge in [-0.05, 0) is 30.5 Å². The maximum absolute atomic E-state index is 13.1. The first kappa shape index (κ1) is 15.4. The van der Waals surface area contributed by atoms with Crippen LogP contribution < -0.4 is 11.1 Å². The smallest absolute Gasteiger partial charge is 0.141 e. The van der Waals surface area contributed by atoms with Crippen LogP contribution in [0.25, 0.3) is 0 Å². The molecule has 0 aliphatic heterocycles. The number of hydrogen-bond donors (Lipinski definition) is 3. The number of halogens is 2. The zero-order chi connectivity index (χ0) is 13.5. The lowest BCUT2D eigenvalue weighted by molar-refractivity contribution is 0.256. The molecule has 0 aliphatic rings. The zero-order valence-electron chi connectivity index (χ0n) is 10.5. The van der Waals surface area contributed by atoms with Crippen molar-refractivity contribution in [1.29, 1.82) is 0 Å². The van der Waals surface area contributed by atoms with E-state index in [0.29, 0.717) is 13.0 Å². The van der Waals surface area contributed by atoms with Crippen LogP contribution in [0.3, 0.4) is 0 Å². The summed E-state index contributed by atoms with van der Waals surface area (Å²) in [5.74, 6) is -0.432. The average Bonchev–Trinajstić information content (AvgIpc) is 2.38. The summed E-state index contributed by atoms with van der Waals surface area (Å²) in [4.78, 5) is 0. The minimum absolute atomic E-state index is 0.0837. The number of aliphatic hydroxyl groups is 1. The molecule has 2 atom stereocenters. The Kier molecular flexibility index (Phi) is 6.57. The van der Waals surface area contributed by atoms with Gasteiger partial charge in [-0.3, -0.25) is 0 Å². The van der Waals surface area contributed by atoms with Gasteiger partial charge in [0.05, 0.1) is 5.02 Å². The molecule has 1 rings (SSSR count). The number of aliphatic hydroxyl groups excluding tert-OH is 1. The molecule has 0 heterocycles. The molecule has 18 heavy (non-hydrogen) atoms. The third-order valence-corrected chi connectivity index (χ3v) is 3.28. The maximum Gasteiger partial charge on any atom is 0.141 e. The molecule has 3 nitrogen and oxygen atoms in total. The summed E-state index contributed by atoms with van der Waals surface area (Å²) in [5.41, 5.74) is 6.59. The highest BCUT2D eigenvalue weighted by Gasteiger charge is 2.15. The largest absolute Gasteiger partial charge is 0.396 e. The predicted octanol–water partition coefficient (Wildman–Crippen LogP) is 2.23. The SMILES string of the molecule is CCC(CCO)NC(CN)c1ccc(F)c(Cl)c1. The highest BCUT2D eigenvalue weighted by Crippen LogP contribution is 2.21. The molecule has 0 aromatic heterocycles. The highest BCUT2D eigenvalue weighted by molar-refractivity contribution is 6.30. The fourth-order valence-corrected chi connectivity index (χ4v) is 2.06. The van der Waals surface area contributed by atoms with Crippen LogP contribution in [0.4, 0.5) is 4.39 Å². The zero-order valence-corrected chi connectivity index (χ0v) is 11.3. The molecule has 4 N–H and O–H groups in total. The molecular formula is C13H20ClFN2O. The molecular weight excluding hydrogens is 255 g/mol. The van der Waals surface area contributed by atoms with Crippen molar-refractivity contribution in [3.05, 3.63) is 34.6 Å². The molecule has 0 saturated heterocycles. The van der Waals surface area contributed by atoms with Crippen LogP contribution in [0.1, 0.15) is 31.4 Å². The van der Waals surface area contributed by atoms with Gasteiger partial charge in [0.1, 0.15) is 5.82 Å². The second-order valence-electron chi connectivity index (χ2n) is 4.25. The lowest BCUT2D eigenvalue weighted by atomic mass is 10.0. The van der Waals surface area contributed by atoms with Crippen molar-refractivity contribution in [3.63, 3.8) is 0 Å². The first-order chi connectivity index (χ1) is 8.62. The van der Waals surface area contributed by atoms with Crippen molar-refractivity contribution in [1.82, 2.24) is 5.32 Å². The monoisotopic (exact) mass is 274 g/mol. The van der Waals surface area contributed by atoms with Crippen molar-refractivity contribution in [2.75, 3.05) is 13.2 Å². The molecule has 0 aliphatic carbocycles. The molecule has 0 amide bonds. The van der Waals surface area contributed by atoms with E-state index in [-0.39, 0.29) is 23.7 Å². The van der Waals surface area contributed by atoms with Gasteiger partial charge >= 0.3 is 0 Å². The third-order valence-electron chi connectivity index (χ3n) is 2.99. The molecule has 102 valence electrons. The van der Waals surface area contributed by atoms with Crippen molar-refractivity contribution >= 4 is 11.6 Å². The number of nitrogens with one attached hydrogen (secondary N) is 1. The summed E-state index contributed by atoms with van der Waals surface area (Å²) in [7, 11) is 0. The van der Waals surface area contributed by atoms with E-state index >= 15 is 0 Å². The normalized spacial score (nSPS) is 14.5. The number of nitrogens with two attached hydrogens (primary N) is 1. The standard InChI is InChI=1S/C13H20ClFN2O/c1-2-10(5-6-18)17-13(8-16)9-3-4-12(15)11(14)7-9/h3-4,7,10,13,17-18H,2,5-6,8,16H2,1H3. The van der Waals surface area contributed by atoms with E-state index in [2.05, 4.69) is 5.32 Å². The first-order valence-corrected chi connectivity index (χ1v) is 6.52. The van der Waals surface area contributed by atoms with Crippen LogP contribution in [0.2, 0.25) is 5.02 Å². The fourth-order valence-electron chi connectivity index (χ4n) is 1.88. The second kappa shape index (κ2) is 7.69. The minimum atomic E-state index is -0.432. The number of rotatable bonds is 7. The van der Waals surface area contributed by atoms with Gasteiger partial charge in [-0.2, -0.15) is 0 Å². The van der Waals surface area contributed by atoms with Crippen molar-refractivity contribution in [2.24, 2.45) is 5.73 Å².